The lowest BCUT2D eigenvalue weighted by Gasteiger charge is -2.35. The van der Waals surface area contributed by atoms with Gasteiger partial charge >= 0.3 is 6.03 Å². The molecule has 1 aromatic carbocycles. The fraction of sp³-hybridized carbons (Fsp3) is 0.368. The largest absolute Gasteiger partial charge is 0.459 e. The molecular formula is C19H22N4O3. The van der Waals surface area contributed by atoms with Crippen LogP contribution < -0.4 is 15.5 Å². The normalized spacial score (nSPS) is 17.1. The first-order chi connectivity index (χ1) is 12.7. The van der Waals surface area contributed by atoms with Gasteiger partial charge in [0.25, 0.3) is 5.91 Å². The molecule has 2 fully saturated rings. The molecule has 3 amide bonds. The minimum atomic E-state index is -0.148. The Kier molecular flexibility index (Phi) is 4.51. The average Bonchev–Trinajstić information content (AvgIpc) is 3.30. The Morgan fingerprint density at radius 3 is 2.35 bits per heavy atom. The molecule has 4 rings (SSSR count). The summed E-state index contributed by atoms with van der Waals surface area (Å²) in [6.07, 6.45) is 3.66. The van der Waals surface area contributed by atoms with Gasteiger partial charge < -0.3 is 24.9 Å². The first-order valence-corrected chi connectivity index (χ1v) is 8.94. The molecule has 1 aliphatic heterocycles. The molecule has 2 aromatic rings. The monoisotopic (exact) mass is 354 g/mol. The van der Waals surface area contributed by atoms with Gasteiger partial charge in [-0.05, 0) is 49.2 Å². The van der Waals surface area contributed by atoms with Gasteiger partial charge in [0.05, 0.1) is 6.26 Å². The molecule has 136 valence electrons. The molecule has 1 saturated heterocycles. The molecule has 0 spiro atoms. The maximum Gasteiger partial charge on any atom is 0.319 e. The maximum absolute atomic E-state index is 12.3. The van der Waals surface area contributed by atoms with Crippen LogP contribution in [0.15, 0.2) is 47.1 Å². The Hall–Kier alpha value is -2.96. The smallest absolute Gasteiger partial charge is 0.319 e. The lowest BCUT2D eigenvalue weighted by molar-refractivity contribution is 0.0714. The van der Waals surface area contributed by atoms with Gasteiger partial charge in [-0.25, -0.2) is 4.79 Å². The Morgan fingerprint density at radius 1 is 1.00 bits per heavy atom. The maximum atomic E-state index is 12.3. The summed E-state index contributed by atoms with van der Waals surface area (Å²) in [4.78, 5) is 28.1. The highest BCUT2D eigenvalue weighted by atomic mass is 16.3. The number of rotatable bonds is 4. The lowest BCUT2D eigenvalue weighted by atomic mass is 10.2. The van der Waals surface area contributed by atoms with E-state index in [0.717, 1.165) is 37.3 Å². The van der Waals surface area contributed by atoms with Gasteiger partial charge in [-0.1, -0.05) is 0 Å². The van der Waals surface area contributed by atoms with Crippen LogP contribution >= 0.6 is 0 Å². The van der Waals surface area contributed by atoms with Crippen LogP contribution in [0.3, 0.4) is 0 Å². The van der Waals surface area contributed by atoms with Gasteiger partial charge in [0.15, 0.2) is 5.76 Å². The van der Waals surface area contributed by atoms with Crippen molar-refractivity contribution >= 4 is 23.3 Å². The number of carbonyl (C=O) groups excluding carboxylic acids is 2. The van der Waals surface area contributed by atoms with Crippen molar-refractivity contribution in [3.8, 4) is 0 Å². The van der Waals surface area contributed by atoms with Crippen molar-refractivity contribution in [2.24, 2.45) is 0 Å². The molecule has 0 radical (unpaired) electrons. The Labute approximate surface area is 151 Å². The van der Waals surface area contributed by atoms with Crippen molar-refractivity contribution in [3.63, 3.8) is 0 Å². The number of nitrogens with zero attached hydrogens (tertiary/aromatic N) is 2. The highest BCUT2D eigenvalue weighted by molar-refractivity contribution is 5.91. The molecule has 0 atom stereocenters. The van der Waals surface area contributed by atoms with Crippen molar-refractivity contribution in [1.29, 1.82) is 0 Å². The van der Waals surface area contributed by atoms with Gasteiger partial charge in [0.1, 0.15) is 0 Å². The van der Waals surface area contributed by atoms with Gasteiger partial charge in [0.2, 0.25) is 0 Å². The fourth-order valence-corrected chi connectivity index (χ4v) is 3.06. The third-order valence-corrected chi connectivity index (χ3v) is 4.70. The summed E-state index contributed by atoms with van der Waals surface area (Å²) in [5.74, 6) is 0.328. The summed E-state index contributed by atoms with van der Waals surface area (Å²) in [6, 6.07) is 11.4. The molecule has 0 bridgehead atoms. The number of hydrogen-bond donors (Lipinski definition) is 2. The van der Waals surface area contributed by atoms with E-state index >= 15 is 0 Å². The SMILES string of the molecule is O=C(Nc1ccc(N2CCN(C(=O)c3ccco3)CC2)cc1)NC1CC1. The van der Waals surface area contributed by atoms with Crippen molar-refractivity contribution < 1.29 is 14.0 Å². The van der Waals surface area contributed by atoms with E-state index in [-0.39, 0.29) is 11.9 Å². The molecule has 1 aliphatic carbocycles. The van der Waals surface area contributed by atoms with Gasteiger partial charge in [-0.15, -0.1) is 0 Å². The summed E-state index contributed by atoms with van der Waals surface area (Å²) in [6.45, 7) is 2.84. The number of urea groups is 1. The van der Waals surface area contributed by atoms with Crippen molar-refractivity contribution in [1.82, 2.24) is 10.2 Å². The topological polar surface area (TPSA) is 77.8 Å². The quantitative estimate of drug-likeness (QED) is 0.884. The number of amides is 3. The second kappa shape index (κ2) is 7.11. The highest BCUT2D eigenvalue weighted by Gasteiger charge is 2.24. The Balaban J connectivity index is 1.30. The van der Waals surface area contributed by atoms with Crippen LogP contribution in [-0.4, -0.2) is 49.1 Å². The fourth-order valence-electron chi connectivity index (χ4n) is 3.06. The number of piperazine rings is 1. The average molecular weight is 354 g/mol. The number of furan rings is 1. The molecule has 7 heteroatoms. The van der Waals surface area contributed by atoms with Gasteiger partial charge in [0, 0.05) is 43.6 Å². The van der Waals surface area contributed by atoms with E-state index in [9.17, 15) is 9.59 Å². The minimum absolute atomic E-state index is 0.0594. The molecule has 0 unspecified atom stereocenters. The van der Waals surface area contributed by atoms with Gasteiger partial charge in [-0.2, -0.15) is 0 Å². The van der Waals surface area contributed by atoms with E-state index in [1.807, 2.05) is 29.2 Å². The summed E-state index contributed by atoms with van der Waals surface area (Å²) in [7, 11) is 0. The predicted molar refractivity (Wildman–Crippen MR) is 98.4 cm³/mol. The number of carbonyl (C=O) groups is 2. The Morgan fingerprint density at radius 2 is 1.73 bits per heavy atom. The van der Waals surface area contributed by atoms with Crippen LogP contribution in [0, 0.1) is 0 Å². The highest BCUT2D eigenvalue weighted by Crippen LogP contribution is 2.21. The summed E-state index contributed by atoms with van der Waals surface area (Å²) < 4.78 is 5.19. The number of hydrogen-bond acceptors (Lipinski definition) is 4. The van der Waals surface area contributed by atoms with Crippen LogP contribution in [0.25, 0.3) is 0 Å². The van der Waals surface area contributed by atoms with Crippen molar-refractivity contribution in [2.75, 3.05) is 36.4 Å². The summed E-state index contributed by atoms with van der Waals surface area (Å²) in [5, 5.41) is 5.75. The molecular weight excluding hydrogens is 332 g/mol. The molecule has 2 N–H and O–H groups in total. The van der Waals surface area contributed by atoms with E-state index < -0.39 is 0 Å². The second-order valence-electron chi connectivity index (χ2n) is 6.68. The lowest BCUT2D eigenvalue weighted by Crippen LogP contribution is -2.48. The number of anilines is 2. The second-order valence-corrected chi connectivity index (χ2v) is 6.68. The van der Waals surface area contributed by atoms with E-state index in [2.05, 4.69) is 15.5 Å². The van der Waals surface area contributed by atoms with Crippen molar-refractivity contribution in [3.05, 3.63) is 48.4 Å². The Bertz CT molecular complexity index is 761. The van der Waals surface area contributed by atoms with Crippen LogP contribution in [0.1, 0.15) is 23.4 Å². The molecule has 1 aromatic heterocycles. The summed E-state index contributed by atoms with van der Waals surface area (Å²) in [5.41, 5.74) is 1.86. The first kappa shape index (κ1) is 16.5. The van der Waals surface area contributed by atoms with Crippen molar-refractivity contribution in [2.45, 2.75) is 18.9 Å². The van der Waals surface area contributed by atoms with Crippen LogP contribution in [-0.2, 0) is 0 Å². The van der Waals surface area contributed by atoms with E-state index in [1.165, 1.54) is 6.26 Å². The van der Waals surface area contributed by atoms with Gasteiger partial charge in [-0.3, -0.25) is 4.79 Å². The minimum Gasteiger partial charge on any atom is -0.459 e. The molecule has 26 heavy (non-hydrogen) atoms. The van der Waals surface area contributed by atoms with E-state index in [0.29, 0.717) is 24.9 Å². The third-order valence-electron chi connectivity index (χ3n) is 4.70. The molecule has 1 saturated carbocycles. The first-order valence-electron chi connectivity index (χ1n) is 8.94. The molecule has 2 aliphatic rings. The van der Waals surface area contributed by atoms with Crippen LogP contribution in [0.2, 0.25) is 0 Å². The standard InChI is InChI=1S/C19H22N4O3/c24-18(17-2-1-13-26-17)23-11-9-22(10-12-23)16-7-5-15(6-8-16)21-19(25)20-14-3-4-14/h1-2,5-8,13-14H,3-4,9-12H2,(H2,20,21,25). The van der Waals surface area contributed by atoms with E-state index in [1.54, 1.807) is 12.1 Å². The molecule has 2 heterocycles. The molecule has 7 nitrogen and oxygen atoms in total. The van der Waals surface area contributed by atoms with E-state index in [4.69, 9.17) is 4.42 Å². The zero-order valence-electron chi connectivity index (χ0n) is 14.5. The zero-order chi connectivity index (χ0) is 17.9. The third kappa shape index (κ3) is 3.82. The van der Waals surface area contributed by atoms with Crippen LogP contribution in [0.5, 0.6) is 0 Å². The number of benzene rings is 1. The van der Waals surface area contributed by atoms with Crippen LogP contribution in [0.4, 0.5) is 16.2 Å². The number of nitrogens with one attached hydrogen (secondary N) is 2. The zero-order valence-corrected chi connectivity index (χ0v) is 14.5. The summed E-state index contributed by atoms with van der Waals surface area (Å²) >= 11 is 0. The predicted octanol–water partition coefficient (Wildman–Crippen LogP) is 2.53.